The number of benzene rings is 10. The van der Waals surface area contributed by atoms with Gasteiger partial charge in [-0.3, -0.25) is 0 Å². The Morgan fingerprint density at radius 2 is 1.03 bits per heavy atom. The Morgan fingerprint density at radius 3 is 1.88 bits per heavy atom. The molecule has 0 amide bonds. The predicted molar refractivity (Wildman–Crippen MR) is 277 cm³/mol. The van der Waals surface area contributed by atoms with Crippen LogP contribution in [-0.4, -0.2) is 0 Å². The summed E-state index contributed by atoms with van der Waals surface area (Å²) in [7, 11) is 0. The van der Waals surface area contributed by atoms with Gasteiger partial charge in [0, 0.05) is 33.4 Å². The first-order chi connectivity index (χ1) is 33.0. The van der Waals surface area contributed by atoms with Gasteiger partial charge in [-0.05, 0) is 134 Å². The van der Waals surface area contributed by atoms with Crippen LogP contribution in [-0.2, 0) is 10.8 Å². The zero-order valence-corrected chi connectivity index (χ0v) is 37.2. The number of nitrogens with zero attached hydrogens (tertiary/aromatic N) is 2. The van der Waals surface area contributed by atoms with E-state index in [4.69, 9.17) is 4.42 Å². The summed E-state index contributed by atoms with van der Waals surface area (Å²) < 4.78 is 6.49. The van der Waals surface area contributed by atoms with Crippen LogP contribution in [0.2, 0.25) is 0 Å². The van der Waals surface area contributed by atoms with Crippen molar-refractivity contribution in [1.29, 1.82) is 0 Å². The van der Waals surface area contributed by atoms with E-state index in [0.29, 0.717) is 0 Å². The van der Waals surface area contributed by atoms with Gasteiger partial charge in [0.1, 0.15) is 11.2 Å². The number of hydrogen-bond acceptors (Lipinski definition) is 3. The summed E-state index contributed by atoms with van der Waals surface area (Å²) in [6.45, 7) is 4.71. The van der Waals surface area contributed by atoms with Crippen molar-refractivity contribution in [3.05, 3.63) is 264 Å². The second-order valence-electron chi connectivity index (χ2n) is 18.8. The molecule has 0 fully saturated rings. The summed E-state index contributed by atoms with van der Waals surface area (Å²) >= 11 is 0. The highest BCUT2D eigenvalue weighted by atomic mass is 16.3. The van der Waals surface area contributed by atoms with Crippen LogP contribution >= 0.6 is 0 Å². The number of anilines is 6. The topological polar surface area (TPSA) is 19.6 Å². The third-order valence-corrected chi connectivity index (χ3v) is 15.0. The lowest BCUT2D eigenvalue weighted by molar-refractivity contribution is 0.660. The highest BCUT2D eigenvalue weighted by Gasteiger charge is 2.52. The smallest absolute Gasteiger partial charge is 0.137 e. The summed E-state index contributed by atoms with van der Waals surface area (Å²) in [5.41, 5.74) is 23.4. The molecule has 0 N–H and O–H groups in total. The molecule has 67 heavy (non-hydrogen) atoms. The monoisotopic (exact) mass is 856 g/mol. The van der Waals surface area contributed by atoms with Crippen LogP contribution in [0.1, 0.15) is 47.2 Å². The molecule has 1 aromatic heterocycles. The molecule has 10 aromatic carbocycles. The van der Waals surface area contributed by atoms with Crippen LogP contribution in [0.25, 0.3) is 55.3 Å². The third kappa shape index (κ3) is 5.23. The predicted octanol–water partition coefficient (Wildman–Crippen LogP) is 17.2. The molecule has 11 aromatic rings. The van der Waals surface area contributed by atoms with Gasteiger partial charge in [0.25, 0.3) is 0 Å². The molecule has 0 saturated heterocycles. The lowest BCUT2D eigenvalue weighted by Gasteiger charge is -2.44. The number of fused-ring (bicyclic) bond motifs is 11. The summed E-state index contributed by atoms with van der Waals surface area (Å²) in [5, 5.41) is 2.21. The third-order valence-electron chi connectivity index (χ3n) is 15.0. The molecule has 316 valence electrons. The van der Waals surface area contributed by atoms with Crippen molar-refractivity contribution in [1.82, 2.24) is 0 Å². The highest BCUT2D eigenvalue weighted by Crippen LogP contribution is 2.65. The van der Waals surface area contributed by atoms with Crippen molar-refractivity contribution in [2.24, 2.45) is 0 Å². The Balaban J connectivity index is 0.944. The van der Waals surface area contributed by atoms with Crippen molar-refractivity contribution in [2.75, 3.05) is 9.80 Å². The summed E-state index contributed by atoms with van der Waals surface area (Å²) in [4.78, 5) is 4.89. The summed E-state index contributed by atoms with van der Waals surface area (Å²) in [6.07, 6.45) is 0. The maximum atomic E-state index is 6.49. The van der Waals surface area contributed by atoms with Crippen LogP contribution < -0.4 is 9.80 Å². The largest absolute Gasteiger partial charge is 0.456 e. The van der Waals surface area contributed by atoms with Gasteiger partial charge in [0.15, 0.2) is 0 Å². The van der Waals surface area contributed by atoms with E-state index in [0.717, 1.165) is 44.7 Å². The first-order valence-corrected chi connectivity index (χ1v) is 23.3. The molecule has 3 aliphatic rings. The van der Waals surface area contributed by atoms with Crippen LogP contribution in [0, 0.1) is 0 Å². The number of rotatable bonds is 6. The number of furan rings is 1. The fourth-order valence-electron chi connectivity index (χ4n) is 12.1. The lowest BCUT2D eigenvalue weighted by Crippen LogP contribution is -2.35. The molecule has 1 unspecified atom stereocenters. The minimum Gasteiger partial charge on any atom is -0.456 e. The Morgan fingerprint density at radius 1 is 0.418 bits per heavy atom. The van der Waals surface area contributed by atoms with Gasteiger partial charge in [-0.15, -0.1) is 0 Å². The average Bonchev–Trinajstić information content (AvgIpc) is 3.99. The molecule has 0 saturated carbocycles. The second kappa shape index (κ2) is 14.1. The molecule has 3 nitrogen and oxygen atoms in total. The van der Waals surface area contributed by atoms with Gasteiger partial charge < -0.3 is 14.2 Å². The van der Waals surface area contributed by atoms with Crippen LogP contribution in [0.5, 0.6) is 0 Å². The Labute approximate surface area is 390 Å². The van der Waals surface area contributed by atoms with Gasteiger partial charge >= 0.3 is 0 Å². The van der Waals surface area contributed by atoms with E-state index in [9.17, 15) is 0 Å². The van der Waals surface area contributed by atoms with E-state index in [1.54, 1.807) is 0 Å². The Bertz CT molecular complexity index is 3790. The van der Waals surface area contributed by atoms with E-state index in [2.05, 4.69) is 248 Å². The minimum absolute atomic E-state index is 0.143. The Hall–Kier alpha value is -8.40. The lowest BCUT2D eigenvalue weighted by atomic mass is 9.64. The minimum atomic E-state index is -0.524. The van der Waals surface area contributed by atoms with E-state index < -0.39 is 5.41 Å². The molecule has 1 aliphatic heterocycles. The average molecular weight is 857 g/mol. The van der Waals surface area contributed by atoms with Crippen molar-refractivity contribution >= 4 is 56.1 Å². The molecular weight excluding hydrogens is 813 g/mol. The number of hydrogen-bond donors (Lipinski definition) is 0. The fourth-order valence-corrected chi connectivity index (χ4v) is 12.1. The molecule has 3 heteroatoms. The first-order valence-electron chi connectivity index (χ1n) is 23.3. The van der Waals surface area contributed by atoms with Gasteiger partial charge in [-0.25, -0.2) is 0 Å². The van der Waals surface area contributed by atoms with E-state index >= 15 is 0 Å². The molecule has 2 heterocycles. The zero-order valence-electron chi connectivity index (χ0n) is 37.2. The SMILES string of the molecule is CC1(C)c2ccccc2-c2ccc(N(c3ccc(-c4ccc5c(c4)C4(c6ccccc6)c6ccccc6N(c6ccccc6)c6cccc-5c64)cc3)c3cccc4oc5ccccc5c34)cc21. The van der Waals surface area contributed by atoms with Crippen LogP contribution in [0.15, 0.2) is 235 Å². The van der Waals surface area contributed by atoms with Crippen molar-refractivity contribution in [3.63, 3.8) is 0 Å². The highest BCUT2D eigenvalue weighted by molar-refractivity contribution is 6.13. The molecule has 1 atom stereocenters. The summed E-state index contributed by atoms with van der Waals surface area (Å²) in [6, 6.07) is 85.0. The maximum absolute atomic E-state index is 6.49. The molecule has 0 spiro atoms. The van der Waals surface area contributed by atoms with Gasteiger partial charge in [-0.2, -0.15) is 0 Å². The van der Waals surface area contributed by atoms with E-state index in [1.165, 1.54) is 78.1 Å². The van der Waals surface area contributed by atoms with Crippen molar-refractivity contribution in [3.8, 4) is 33.4 Å². The van der Waals surface area contributed by atoms with E-state index in [1.807, 2.05) is 6.07 Å². The normalized spacial score (nSPS) is 15.8. The Kier molecular flexibility index (Phi) is 7.95. The zero-order chi connectivity index (χ0) is 44.4. The second-order valence-corrected chi connectivity index (χ2v) is 18.8. The molecular formula is C64H44N2O. The van der Waals surface area contributed by atoms with Gasteiger partial charge in [0.2, 0.25) is 0 Å². The maximum Gasteiger partial charge on any atom is 0.137 e. The van der Waals surface area contributed by atoms with Gasteiger partial charge in [0.05, 0.1) is 27.9 Å². The van der Waals surface area contributed by atoms with Crippen LogP contribution in [0.3, 0.4) is 0 Å². The quantitative estimate of drug-likeness (QED) is 0.166. The molecule has 14 rings (SSSR count). The van der Waals surface area contributed by atoms with Crippen LogP contribution in [0.4, 0.5) is 34.1 Å². The summed E-state index contributed by atoms with van der Waals surface area (Å²) in [5.74, 6) is 0. The molecule has 0 bridgehead atoms. The molecule has 0 radical (unpaired) electrons. The number of para-hydroxylation sites is 3. The molecule has 2 aliphatic carbocycles. The first kappa shape index (κ1) is 37.9. The van der Waals surface area contributed by atoms with Crippen molar-refractivity contribution in [2.45, 2.75) is 24.7 Å². The van der Waals surface area contributed by atoms with Gasteiger partial charge in [-0.1, -0.05) is 172 Å². The van der Waals surface area contributed by atoms with Crippen molar-refractivity contribution < 1.29 is 4.42 Å². The van der Waals surface area contributed by atoms with E-state index in [-0.39, 0.29) is 5.41 Å². The standard InChI is InChI=1S/C64H44N2O/c1-63(2)52-24-11-9-21-47(52)48-38-36-46(40-54(48)63)65(57-27-16-30-60-61(57)51-22-10-14-29-59(51)67-60)45-34-31-41(32-35-45)42-33-37-49-50-23-15-28-58-62(50)64(55(49)39-42,43-17-5-3-6-18-43)53-25-12-13-26-56(53)66(58)44-19-7-4-8-20-44/h3-40H,1-2H3. The fraction of sp³-hybridized carbons (Fsp3) is 0.0625.